The fourth-order valence-electron chi connectivity index (χ4n) is 11.3. The molecule has 4 heteroatoms. The minimum absolute atomic E-state index is 1.08. The van der Waals surface area contributed by atoms with E-state index in [1.54, 1.807) is 0 Å². The van der Waals surface area contributed by atoms with Crippen LogP contribution in [0.1, 0.15) is 0 Å². The molecule has 76 heavy (non-hydrogen) atoms. The molecule has 0 saturated heterocycles. The molecule has 358 valence electrons. The van der Waals surface area contributed by atoms with Gasteiger partial charge in [0.2, 0.25) is 0 Å². The maximum Gasteiger partial charge on any atom is 0.0542 e. The standard InChI is InChI=1S/C72H50N4/c1-5-17-51(18-6-1)53-29-37-59(38-30-53)73(63-45-47-71-67(49-63)65-25-13-15-27-69(65)75(71)57-21-9-3-10-22-57)61-41-33-55(34-42-61)56-35-43-62(44-36-56)74(60-39-31-54(32-40-60)52-19-7-2-8-20-52)64-46-48-72-68(50-64)66-26-14-16-28-70(66)76(72)58-23-11-4-12-24-58/h1-50H. The zero-order chi connectivity index (χ0) is 50.4. The molecule has 0 atom stereocenters. The Morgan fingerprint density at radius 3 is 0.763 bits per heavy atom. The number of rotatable bonds is 11. The van der Waals surface area contributed by atoms with Crippen LogP contribution in [0.2, 0.25) is 0 Å². The van der Waals surface area contributed by atoms with E-state index in [1.165, 1.54) is 65.9 Å². The van der Waals surface area contributed by atoms with Gasteiger partial charge in [0.05, 0.1) is 22.1 Å². The van der Waals surface area contributed by atoms with Crippen LogP contribution in [-0.4, -0.2) is 9.13 Å². The Balaban J connectivity index is 0.842. The van der Waals surface area contributed by atoms with Gasteiger partial charge in [-0.2, -0.15) is 0 Å². The minimum atomic E-state index is 1.08. The van der Waals surface area contributed by atoms with Crippen LogP contribution in [0.25, 0.3) is 88.4 Å². The lowest BCUT2D eigenvalue weighted by Gasteiger charge is -2.27. The zero-order valence-corrected chi connectivity index (χ0v) is 41.7. The summed E-state index contributed by atoms with van der Waals surface area (Å²) in [6, 6.07) is 110. The van der Waals surface area contributed by atoms with Crippen molar-refractivity contribution in [3.05, 3.63) is 303 Å². The summed E-state index contributed by atoms with van der Waals surface area (Å²) >= 11 is 0. The van der Waals surface area contributed by atoms with Crippen LogP contribution in [0.5, 0.6) is 0 Å². The average molecular weight is 971 g/mol. The van der Waals surface area contributed by atoms with Gasteiger partial charge in [-0.05, 0) is 155 Å². The van der Waals surface area contributed by atoms with Crippen LogP contribution >= 0.6 is 0 Å². The molecule has 0 amide bonds. The van der Waals surface area contributed by atoms with Crippen molar-refractivity contribution >= 4 is 77.7 Å². The lowest BCUT2D eigenvalue weighted by Crippen LogP contribution is -2.10. The van der Waals surface area contributed by atoms with Crippen LogP contribution in [0.15, 0.2) is 303 Å². The molecular weight excluding hydrogens is 921 g/mol. The highest BCUT2D eigenvalue weighted by atomic mass is 15.1. The molecule has 0 saturated carbocycles. The number of fused-ring (bicyclic) bond motifs is 6. The molecule has 0 bridgehead atoms. The minimum Gasteiger partial charge on any atom is -0.310 e. The van der Waals surface area contributed by atoms with Gasteiger partial charge in [0, 0.05) is 67.0 Å². The largest absolute Gasteiger partial charge is 0.310 e. The molecule has 0 unspecified atom stereocenters. The maximum absolute atomic E-state index is 2.38. The van der Waals surface area contributed by atoms with E-state index in [-0.39, 0.29) is 0 Å². The zero-order valence-electron chi connectivity index (χ0n) is 41.7. The van der Waals surface area contributed by atoms with Crippen LogP contribution in [0, 0.1) is 0 Å². The predicted octanol–water partition coefficient (Wildman–Crippen LogP) is 19.8. The predicted molar refractivity (Wildman–Crippen MR) is 321 cm³/mol. The summed E-state index contributed by atoms with van der Waals surface area (Å²) in [5.74, 6) is 0. The Bertz CT molecular complexity index is 4050. The van der Waals surface area contributed by atoms with E-state index in [2.05, 4.69) is 322 Å². The Morgan fingerprint density at radius 2 is 0.434 bits per heavy atom. The van der Waals surface area contributed by atoms with Crippen molar-refractivity contribution in [2.24, 2.45) is 0 Å². The summed E-state index contributed by atoms with van der Waals surface area (Å²) in [5.41, 5.74) is 20.6. The second-order valence-electron chi connectivity index (χ2n) is 19.4. The van der Waals surface area contributed by atoms with Crippen LogP contribution in [0.3, 0.4) is 0 Å². The van der Waals surface area contributed by atoms with Gasteiger partial charge in [-0.15, -0.1) is 0 Å². The van der Waals surface area contributed by atoms with Crippen LogP contribution in [0.4, 0.5) is 34.1 Å². The molecule has 12 aromatic carbocycles. The first-order chi connectivity index (χ1) is 37.7. The molecule has 2 heterocycles. The lowest BCUT2D eigenvalue weighted by molar-refractivity contribution is 1.18. The molecule has 0 radical (unpaired) electrons. The molecule has 0 spiro atoms. The topological polar surface area (TPSA) is 16.3 Å². The van der Waals surface area contributed by atoms with Gasteiger partial charge in [0.1, 0.15) is 0 Å². The van der Waals surface area contributed by atoms with E-state index >= 15 is 0 Å². The molecule has 0 fully saturated rings. The summed E-state index contributed by atoms with van der Waals surface area (Å²) in [6.45, 7) is 0. The van der Waals surface area contributed by atoms with Gasteiger partial charge in [0.15, 0.2) is 0 Å². The third kappa shape index (κ3) is 7.97. The van der Waals surface area contributed by atoms with Gasteiger partial charge >= 0.3 is 0 Å². The number of hydrogen-bond donors (Lipinski definition) is 0. The number of benzene rings is 12. The first-order valence-electron chi connectivity index (χ1n) is 26.0. The third-order valence-electron chi connectivity index (χ3n) is 14.9. The molecular formula is C72H50N4. The van der Waals surface area contributed by atoms with E-state index in [0.717, 1.165) is 56.6 Å². The number of para-hydroxylation sites is 4. The fourth-order valence-corrected chi connectivity index (χ4v) is 11.3. The van der Waals surface area contributed by atoms with E-state index < -0.39 is 0 Å². The van der Waals surface area contributed by atoms with Crippen molar-refractivity contribution in [1.29, 1.82) is 0 Å². The Labute approximate surface area is 442 Å². The first kappa shape index (κ1) is 44.5. The SMILES string of the molecule is c1ccc(-c2ccc(N(c3ccc(-c4ccc(N(c5ccc(-c6ccccc6)cc5)c5ccc6c(c5)c5ccccc5n6-c5ccccc5)cc4)cc3)c3ccc4c(c3)c3ccccc3n4-c3ccccc3)cc2)cc1. The van der Waals surface area contributed by atoms with Gasteiger partial charge < -0.3 is 18.9 Å². The highest BCUT2D eigenvalue weighted by molar-refractivity contribution is 6.12. The second-order valence-corrected chi connectivity index (χ2v) is 19.4. The second kappa shape index (κ2) is 19.0. The fraction of sp³-hybridized carbons (Fsp3) is 0. The highest BCUT2D eigenvalue weighted by Crippen LogP contribution is 2.43. The lowest BCUT2D eigenvalue weighted by atomic mass is 10.0. The molecule has 14 aromatic rings. The summed E-state index contributed by atoms with van der Waals surface area (Å²) in [6.07, 6.45) is 0. The Hall–Kier alpha value is -10.2. The number of aromatic nitrogens is 2. The number of anilines is 6. The van der Waals surface area contributed by atoms with E-state index in [1.807, 2.05) is 0 Å². The van der Waals surface area contributed by atoms with Crippen molar-refractivity contribution in [3.63, 3.8) is 0 Å². The Morgan fingerprint density at radius 1 is 0.184 bits per heavy atom. The molecule has 0 aliphatic heterocycles. The number of nitrogens with zero attached hydrogens (tertiary/aromatic N) is 4. The van der Waals surface area contributed by atoms with Crippen molar-refractivity contribution in [3.8, 4) is 44.8 Å². The van der Waals surface area contributed by atoms with Gasteiger partial charge in [-0.1, -0.05) is 182 Å². The highest BCUT2D eigenvalue weighted by Gasteiger charge is 2.20. The third-order valence-corrected chi connectivity index (χ3v) is 14.9. The monoisotopic (exact) mass is 970 g/mol. The molecule has 0 aliphatic rings. The molecule has 14 rings (SSSR count). The van der Waals surface area contributed by atoms with Gasteiger partial charge in [-0.25, -0.2) is 0 Å². The molecule has 0 N–H and O–H groups in total. The van der Waals surface area contributed by atoms with Crippen LogP contribution in [-0.2, 0) is 0 Å². The van der Waals surface area contributed by atoms with Crippen molar-refractivity contribution in [2.75, 3.05) is 9.80 Å². The maximum atomic E-state index is 2.38. The van der Waals surface area contributed by atoms with Gasteiger partial charge in [-0.3, -0.25) is 0 Å². The summed E-state index contributed by atoms with van der Waals surface area (Å²) in [5, 5.41) is 4.86. The van der Waals surface area contributed by atoms with E-state index in [4.69, 9.17) is 0 Å². The first-order valence-corrected chi connectivity index (χ1v) is 26.0. The summed E-state index contributed by atoms with van der Waals surface area (Å²) < 4.78 is 4.75. The average Bonchev–Trinajstić information content (AvgIpc) is 4.08. The van der Waals surface area contributed by atoms with Gasteiger partial charge in [0.25, 0.3) is 0 Å². The van der Waals surface area contributed by atoms with Crippen molar-refractivity contribution < 1.29 is 0 Å². The normalized spacial score (nSPS) is 11.4. The van der Waals surface area contributed by atoms with Crippen molar-refractivity contribution in [2.45, 2.75) is 0 Å². The van der Waals surface area contributed by atoms with E-state index in [0.29, 0.717) is 0 Å². The number of hydrogen-bond acceptors (Lipinski definition) is 2. The van der Waals surface area contributed by atoms with E-state index in [9.17, 15) is 0 Å². The smallest absolute Gasteiger partial charge is 0.0542 e. The molecule has 0 aliphatic carbocycles. The van der Waals surface area contributed by atoms with Crippen LogP contribution < -0.4 is 9.80 Å². The molecule has 2 aromatic heterocycles. The Kier molecular flexibility index (Phi) is 11.2. The van der Waals surface area contributed by atoms with Crippen molar-refractivity contribution in [1.82, 2.24) is 9.13 Å². The summed E-state index contributed by atoms with van der Waals surface area (Å²) in [4.78, 5) is 4.76. The summed E-state index contributed by atoms with van der Waals surface area (Å²) in [7, 11) is 0. The quantitative estimate of drug-likeness (QED) is 0.128. The molecule has 4 nitrogen and oxygen atoms in total.